The van der Waals surface area contributed by atoms with E-state index in [1.807, 2.05) is 60.7 Å². The standard InChI is InChI=1S/C71H47NO2.C32H29BO2.C31H37B2NO6/c1-73-55-38-36-54(37-39-55)72-64-40-34-50(48-22-16-24-52(42-48)70-60-30-12-8-26-56(60)68(46-18-4-2-5-19-46)57-27-9-13-31-61(57)70)44-66(64)74-67-45-51(35-41-65(67)72)49-23-17-25-53(43-49)71-62-32-14-10-28-58(62)69(47-20-6-3-7-21-47)59-29-11-15-33-63(59)71;1-31(2)32(3,4)35-33(34-31)24-16-12-15-23(21-24)30-27-19-10-8-17-25(27)29(22-13-6-5-7-14-22)26-18-9-11-20-28(26)30;1-28(2)29(3,4)38-32(37-28)20-10-16-24-26(18-20)36-27-19-21(33-39-30(5,6)31(7,8)40-33)11-17-25(27)34(24)22-12-14-23(35-9)15-13-22/h2-45H,1H3;5-21H,1-4H3;10-19H,1-9H3. The normalized spacial score (nSPS) is 15.7. The summed E-state index contributed by atoms with van der Waals surface area (Å²) in [4.78, 5) is 4.49. The number of ether oxygens (including phenoxy) is 4. The third-order valence-corrected chi connectivity index (χ3v) is 31.7. The predicted octanol–water partition coefficient (Wildman–Crippen LogP) is 33.4. The minimum absolute atomic E-state index is 0.371. The van der Waals surface area contributed by atoms with E-state index >= 15 is 0 Å². The number of fused-ring (bicyclic) bond motifs is 10. The molecule has 3 saturated heterocycles. The molecule has 0 bridgehead atoms. The summed E-state index contributed by atoms with van der Waals surface area (Å²) < 4.78 is 62.8. The molecule has 21 aromatic rings. The van der Waals surface area contributed by atoms with Gasteiger partial charge in [0.25, 0.3) is 0 Å². The van der Waals surface area contributed by atoms with Gasteiger partial charge in [0, 0.05) is 11.4 Å². The molecule has 21 aromatic carbocycles. The Bertz CT molecular complexity index is 8240. The fourth-order valence-electron chi connectivity index (χ4n) is 21.9. The molecule has 0 amide bonds. The first-order valence-electron chi connectivity index (χ1n) is 51.4. The van der Waals surface area contributed by atoms with Crippen molar-refractivity contribution in [2.75, 3.05) is 24.0 Å². The Hall–Kier alpha value is -16.1. The molecule has 26 rings (SSSR count). The molecule has 0 saturated carbocycles. The van der Waals surface area contributed by atoms with Crippen LogP contribution in [0, 0.1) is 0 Å². The number of anilines is 6. The summed E-state index contributed by atoms with van der Waals surface area (Å²) in [6, 6.07) is 153. The molecule has 5 aliphatic heterocycles. The molecule has 0 aliphatic carbocycles. The predicted molar refractivity (Wildman–Crippen MR) is 618 cm³/mol. The molecular weight excluding hydrogens is 1830 g/mol. The van der Waals surface area contributed by atoms with Crippen LogP contribution < -0.4 is 45.1 Å². The van der Waals surface area contributed by atoms with Gasteiger partial charge in [0.05, 0.1) is 70.6 Å². The molecule has 0 unspecified atom stereocenters. The Morgan fingerprint density at radius 1 is 0.181 bits per heavy atom. The van der Waals surface area contributed by atoms with Crippen molar-refractivity contribution in [1.29, 1.82) is 0 Å². The van der Waals surface area contributed by atoms with Crippen LogP contribution in [0.15, 0.2) is 431 Å². The molecular formula is C134H113B3N2O10. The molecule has 12 nitrogen and oxygen atoms in total. The maximum absolute atomic E-state index is 7.10. The number of rotatable bonds is 15. The Morgan fingerprint density at radius 2 is 0.389 bits per heavy atom. The zero-order valence-corrected chi connectivity index (χ0v) is 86.2. The van der Waals surface area contributed by atoms with Crippen LogP contribution in [0.3, 0.4) is 0 Å². The van der Waals surface area contributed by atoms with Gasteiger partial charge < -0.3 is 56.7 Å². The van der Waals surface area contributed by atoms with Crippen molar-refractivity contribution in [3.8, 4) is 124 Å². The minimum Gasteiger partial charge on any atom is -0.497 e. The largest absolute Gasteiger partial charge is 0.497 e. The maximum atomic E-state index is 7.10. The fraction of sp³-hybridized carbons (Fsp3) is 0.149. The van der Waals surface area contributed by atoms with Crippen LogP contribution in [0.2, 0.25) is 0 Å². The Labute approximate surface area is 872 Å². The second kappa shape index (κ2) is 37.7. The van der Waals surface area contributed by atoms with Gasteiger partial charge in [0.15, 0.2) is 23.0 Å². The van der Waals surface area contributed by atoms with Gasteiger partial charge in [-0.3, -0.25) is 0 Å². The highest BCUT2D eigenvalue weighted by atomic mass is 16.7. The van der Waals surface area contributed by atoms with Crippen molar-refractivity contribution in [2.24, 2.45) is 0 Å². The summed E-state index contributed by atoms with van der Waals surface area (Å²) in [7, 11) is 2.00. The van der Waals surface area contributed by atoms with Crippen LogP contribution in [-0.2, 0) is 27.9 Å². The molecule has 0 radical (unpaired) electrons. The highest BCUT2D eigenvalue weighted by Gasteiger charge is 2.55. The Morgan fingerprint density at radius 3 is 0.658 bits per heavy atom. The summed E-state index contributed by atoms with van der Waals surface area (Å²) in [6.07, 6.45) is 0. The summed E-state index contributed by atoms with van der Waals surface area (Å²) in [5, 5.41) is 14.9. The lowest BCUT2D eigenvalue weighted by molar-refractivity contribution is 0.00578. The van der Waals surface area contributed by atoms with Gasteiger partial charge in [0.2, 0.25) is 0 Å². The van der Waals surface area contributed by atoms with Crippen LogP contribution in [-0.4, -0.2) is 69.2 Å². The first-order valence-corrected chi connectivity index (χ1v) is 51.4. The first kappa shape index (κ1) is 95.2. The average molecular weight is 1940 g/mol. The highest BCUT2D eigenvalue weighted by molar-refractivity contribution is 6.63. The molecule has 0 atom stereocenters. The lowest BCUT2D eigenvalue weighted by atomic mass is 9.77. The van der Waals surface area contributed by atoms with Gasteiger partial charge in [-0.15, -0.1) is 0 Å². The molecule has 0 spiro atoms. The van der Waals surface area contributed by atoms with Gasteiger partial charge in [-0.1, -0.05) is 322 Å². The van der Waals surface area contributed by atoms with E-state index in [4.69, 9.17) is 46.9 Å². The second-order valence-electron chi connectivity index (χ2n) is 42.3. The second-order valence-corrected chi connectivity index (χ2v) is 42.3. The Kier molecular flexibility index (Phi) is 24.1. The monoisotopic (exact) mass is 1940 g/mol. The van der Waals surface area contributed by atoms with Crippen molar-refractivity contribution < 1.29 is 46.9 Å². The molecule has 15 heteroatoms. The average Bonchev–Trinajstić information content (AvgIpc) is 1.73. The molecule has 149 heavy (non-hydrogen) atoms. The topological polar surface area (TPSA) is 98.8 Å². The van der Waals surface area contributed by atoms with Gasteiger partial charge in [-0.25, -0.2) is 0 Å². The van der Waals surface area contributed by atoms with Gasteiger partial charge in [0.1, 0.15) is 11.5 Å². The summed E-state index contributed by atoms with van der Waals surface area (Å²) in [5.74, 6) is 4.58. The smallest absolute Gasteiger partial charge is 0.494 e. The van der Waals surface area contributed by atoms with E-state index in [0.29, 0.717) is 11.5 Å². The number of methoxy groups -OCH3 is 2. The van der Waals surface area contributed by atoms with Crippen molar-refractivity contribution in [1.82, 2.24) is 0 Å². The summed E-state index contributed by atoms with van der Waals surface area (Å²) >= 11 is 0. The summed E-state index contributed by atoms with van der Waals surface area (Å²) in [5.41, 5.74) is 25.1. The van der Waals surface area contributed by atoms with Crippen LogP contribution >= 0.6 is 0 Å². The molecule has 0 N–H and O–H groups in total. The van der Waals surface area contributed by atoms with E-state index in [2.05, 4.69) is 463 Å². The lowest BCUT2D eigenvalue weighted by Crippen LogP contribution is -2.41. The third kappa shape index (κ3) is 17.1. The van der Waals surface area contributed by atoms with E-state index < -0.39 is 36.6 Å². The van der Waals surface area contributed by atoms with Crippen LogP contribution in [0.5, 0.6) is 34.5 Å². The molecule has 5 heterocycles. The molecule has 5 aliphatic rings. The third-order valence-electron chi connectivity index (χ3n) is 31.7. The first-order chi connectivity index (χ1) is 72.2. The zero-order valence-electron chi connectivity index (χ0n) is 86.2. The van der Waals surface area contributed by atoms with Crippen LogP contribution in [0.4, 0.5) is 34.1 Å². The lowest BCUT2D eigenvalue weighted by Gasteiger charge is -2.33. The van der Waals surface area contributed by atoms with Crippen molar-refractivity contribution in [2.45, 2.75) is 117 Å². The van der Waals surface area contributed by atoms with E-state index in [1.54, 1.807) is 14.2 Å². The number of hydrogen-bond acceptors (Lipinski definition) is 12. The van der Waals surface area contributed by atoms with E-state index in [9.17, 15) is 0 Å². The van der Waals surface area contributed by atoms with Crippen LogP contribution in [0.1, 0.15) is 83.1 Å². The molecule has 3 fully saturated rings. The quantitative estimate of drug-likeness (QED) is 0.0722. The summed E-state index contributed by atoms with van der Waals surface area (Å²) in [6.45, 7) is 24.8. The van der Waals surface area contributed by atoms with Gasteiger partial charge >= 0.3 is 21.4 Å². The van der Waals surface area contributed by atoms with Crippen LogP contribution in [0.25, 0.3) is 154 Å². The number of benzene rings is 21. The van der Waals surface area contributed by atoms with E-state index in [1.165, 1.54) is 131 Å². The van der Waals surface area contributed by atoms with Crippen molar-refractivity contribution >= 4 is 137 Å². The minimum atomic E-state index is -0.495. The van der Waals surface area contributed by atoms with Crippen molar-refractivity contribution in [3.63, 3.8) is 0 Å². The SMILES string of the molecule is CC1(C)OB(c2cccc(-c3c4ccccc4c(-c4ccccc4)c4ccccc34)c2)OC1(C)C.COc1ccc(N2c3ccc(-c4cccc(-c5c6ccccc6c(-c6ccccc6)c6ccccc56)c4)cc3Oc3cc(-c4cccc(-c5c6ccccc6c(-c6ccccc6)c6ccccc56)c4)ccc32)cc1.COc1ccc(N2c3ccc(B4OC(C)(C)C(C)(C)O4)cc3Oc3cc(B4OC(C)(C)C(C)(C)O4)ccc32)cc1. The Balaban J connectivity index is 0.000000132. The van der Waals surface area contributed by atoms with Gasteiger partial charge in [-0.2, -0.15) is 0 Å². The van der Waals surface area contributed by atoms with E-state index in [-0.39, 0.29) is 18.3 Å². The van der Waals surface area contributed by atoms with Gasteiger partial charge in [-0.05, 0) is 362 Å². The van der Waals surface area contributed by atoms with E-state index in [0.717, 1.165) is 95.8 Å². The molecule has 0 aromatic heterocycles. The molecule has 728 valence electrons. The highest BCUT2D eigenvalue weighted by Crippen LogP contribution is 2.57. The number of hydrogen-bond donors (Lipinski definition) is 0. The maximum Gasteiger partial charge on any atom is 0.494 e. The number of nitrogens with zero attached hydrogens (tertiary/aromatic N) is 2. The van der Waals surface area contributed by atoms with Crippen molar-refractivity contribution in [3.05, 3.63) is 431 Å². The zero-order chi connectivity index (χ0) is 102. The fourth-order valence-corrected chi connectivity index (χ4v) is 21.9.